The number of halogens is 1. The van der Waals surface area contributed by atoms with E-state index in [1.807, 2.05) is 22.4 Å². The Balaban J connectivity index is 1.31. The summed E-state index contributed by atoms with van der Waals surface area (Å²) in [6.07, 6.45) is 0. The second kappa shape index (κ2) is 9.19. The Morgan fingerprint density at radius 1 is 0.933 bits per heavy atom. The topological polar surface area (TPSA) is 52.7 Å². The van der Waals surface area contributed by atoms with Crippen LogP contribution in [0.5, 0.6) is 0 Å². The highest BCUT2D eigenvalue weighted by molar-refractivity contribution is 7.12. The van der Waals surface area contributed by atoms with Gasteiger partial charge < -0.3 is 10.2 Å². The quantitative estimate of drug-likeness (QED) is 0.672. The van der Waals surface area contributed by atoms with Gasteiger partial charge >= 0.3 is 0 Å². The molecule has 1 aliphatic rings. The number of hydrogen-bond donors (Lipinski definition) is 1. The third kappa shape index (κ3) is 4.75. The molecule has 1 saturated heterocycles. The van der Waals surface area contributed by atoms with Crippen LogP contribution in [0.4, 0.5) is 10.1 Å². The van der Waals surface area contributed by atoms with E-state index in [9.17, 15) is 14.0 Å². The van der Waals surface area contributed by atoms with Crippen molar-refractivity contribution in [1.82, 2.24) is 9.80 Å². The largest absolute Gasteiger partial charge is 0.336 e. The second-order valence-corrected chi connectivity index (χ2v) is 8.12. The van der Waals surface area contributed by atoms with Crippen LogP contribution >= 0.6 is 11.3 Å². The third-order valence-corrected chi connectivity index (χ3v) is 6.01. The molecule has 1 N–H and O–H groups in total. The van der Waals surface area contributed by atoms with Gasteiger partial charge in [-0.05, 0) is 41.8 Å². The molecule has 0 unspecified atom stereocenters. The van der Waals surface area contributed by atoms with Crippen molar-refractivity contribution in [2.45, 2.75) is 6.54 Å². The van der Waals surface area contributed by atoms with Crippen LogP contribution in [-0.2, 0) is 6.54 Å². The van der Waals surface area contributed by atoms with Gasteiger partial charge in [0.15, 0.2) is 0 Å². The fourth-order valence-corrected chi connectivity index (χ4v) is 4.07. The molecule has 0 bridgehead atoms. The van der Waals surface area contributed by atoms with Gasteiger partial charge in [0.25, 0.3) is 11.8 Å². The first kappa shape index (κ1) is 20.3. The molecule has 2 aromatic carbocycles. The molecule has 4 rings (SSSR count). The number of carbonyl (C=O) groups excluding carboxylic acids is 2. The van der Waals surface area contributed by atoms with Gasteiger partial charge in [0, 0.05) is 49.5 Å². The van der Waals surface area contributed by atoms with Gasteiger partial charge in [0.05, 0.1) is 4.88 Å². The lowest BCUT2D eigenvalue weighted by molar-refractivity contribution is 0.0627. The summed E-state index contributed by atoms with van der Waals surface area (Å²) in [7, 11) is 0. The van der Waals surface area contributed by atoms with Crippen molar-refractivity contribution >= 4 is 28.8 Å². The molecule has 1 aliphatic heterocycles. The highest BCUT2D eigenvalue weighted by Gasteiger charge is 2.22. The zero-order valence-electron chi connectivity index (χ0n) is 16.4. The first-order chi connectivity index (χ1) is 14.6. The van der Waals surface area contributed by atoms with E-state index in [-0.39, 0.29) is 17.6 Å². The smallest absolute Gasteiger partial charge is 0.265 e. The number of benzene rings is 2. The minimum atomic E-state index is -0.192. The Bertz CT molecular complexity index is 1010. The molecule has 30 heavy (non-hydrogen) atoms. The standard InChI is InChI=1S/C23H22FN3O2S/c24-20-5-2-1-4-18(20)16-26-11-13-27(14-12-26)23(29)17-7-9-19(10-8-17)25-22(28)21-6-3-15-30-21/h1-10,15H,11-14,16H2,(H,25,28). The molecule has 7 heteroatoms. The van der Waals surface area contributed by atoms with Gasteiger partial charge in [0.1, 0.15) is 5.82 Å². The SMILES string of the molecule is O=C(Nc1ccc(C(=O)N2CCN(Cc3ccccc3F)CC2)cc1)c1cccs1. The van der Waals surface area contributed by atoms with E-state index in [0.29, 0.717) is 54.4 Å². The van der Waals surface area contributed by atoms with Gasteiger partial charge in [-0.3, -0.25) is 14.5 Å². The predicted octanol–water partition coefficient (Wildman–Crippen LogP) is 4.10. The normalized spacial score (nSPS) is 14.5. The molecule has 3 aromatic rings. The summed E-state index contributed by atoms with van der Waals surface area (Å²) in [5.41, 5.74) is 1.92. The van der Waals surface area contributed by atoms with Crippen molar-refractivity contribution < 1.29 is 14.0 Å². The number of nitrogens with one attached hydrogen (secondary N) is 1. The summed E-state index contributed by atoms with van der Waals surface area (Å²) in [4.78, 5) is 29.5. The van der Waals surface area contributed by atoms with E-state index >= 15 is 0 Å². The zero-order chi connectivity index (χ0) is 20.9. The van der Waals surface area contributed by atoms with E-state index in [1.54, 1.807) is 42.5 Å². The van der Waals surface area contributed by atoms with Crippen LogP contribution < -0.4 is 5.32 Å². The van der Waals surface area contributed by atoms with Crippen LogP contribution in [0.3, 0.4) is 0 Å². The van der Waals surface area contributed by atoms with Gasteiger partial charge in [0.2, 0.25) is 0 Å². The van der Waals surface area contributed by atoms with Gasteiger partial charge in [-0.1, -0.05) is 24.3 Å². The van der Waals surface area contributed by atoms with Crippen molar-refractivity contribution in [1.29, 1.82) is 0 Å². The number of nitrogens with zero attached hydrogens (tertiary/aromatic N) is 2. The molecular weight excluding hydrogens is 401 g/mol. The lowest BCUT2D eigenvalue weighted by atomic mass is 10.1. The van der Waals surface area contributed by atoms with Crippen LogP contribution in [0.2, 0.25) is 0 Å². The maximum atomic E-state index is 13.8. The van der Waals surface area contributed by atoms with Crippen LogP contribution in [0.15, 0.2) is 66.0 Å². The number of rotatable bonds is 5. The molecule has 5 nitrogen and oxygen atoms in total. The second-order valence-electron chi connectivity index (χ2n) is 7.17. The van der Waals surface area contributed by atoms with E-state index in [4.69, 9.17) is 0 Å². The van der Waals surface area contributed by atoms with Crippen molar-refractivity contribution in [3.63, 3.8) is 0 Å². The summed E-state index contributed by atoms with van der Waals surface area (Å²) in [5.74, 6) is -0.381. The average Bonchev–Trinajstić information content (AvgIpc) is 3.31. The van der Waals surface area contributed by atoms with Crippen LogP contribution in [-0.4, -0.2) is 47.8 Å². The fourth-order valence-electron chi connectivity index (χ4n) is 3.46. The Hall–Kier alpha value is -3.03. The summed E-state index contributed by atoms with van der Waals surface area (Å²) in [6, 6.07) is 17.4. The van der Waals surface area contributed by atoms with E-state index in [0.717, 1.165) is 0 Å². The molecule has 154 valence electrons. The Labute approximate surface area is 178 Å². The summed E-state index contributed by atoms with van der Waals surface area (Å²) < 4.78 is 13.8. The van der Waals surface area contributed by atoms with E-state index in [1.165, 1.54) is 17.4 Å². The van der Waals surface area contributed by atoms with Crippen molar-refractivity contribution in [2.24, 2.45) is 0 Å². The van der Waals surface area contributed by atoms with E-state index < -0.39 is 0 Å². The molecule has 0 atom stereocenters. The number of thiophene rings is 1. The molecule has 2 amide bonds. The maximum Gasteiger partial charge on any atom is 0.265 e. The molecule has 0 saturated carbocycles. The summed E-state index contributed by atoms with van der Waals surface area (Å²) >= 11 is 1.38. The lowest BCUT2D eigenvalue weighted by Crippen LogP contribution is -2.48. The number of carbonyl (C=O) groups is 2. The van der Waals surface area contributed by atoms with Crippen LogP contribution in [0.25, 0.3) is 0 Å². The van der Waals surface area contributed by atoms with E-state index in [2.05, 4.69) is 10.2 Å². The van der Waals surface area contributed by atoms with Gasteiger partial charge in [-0.25, -0.2) is 4.39 Å². The Kier molecular flexibility index (Phi) is 6.21. The van der Waals surface area contributed by atoms with Gasteiger partial charge in [-0.2, -0.15) is 0 Å². The highest BCUT2D eigenvalue weighted by Crippen LogP contribution is 2.17. The zero-order valence-corrected chi connectivity index (χ0v) is 17.2. The molecule has 1 aromatic heterocycles. The van der Waals surface area contributed by atoms with Crippen molar-refractivity contribution in [3.05, 3.63) is 87.9 Å². The Morgan fingerprint density at radius 3 is 2.33 bits per heavy atom. The number of piperazine rings is 1. The molecule has 0 radical (unpaired) electrons. The molecule has 0 spiro atoms. The molecule has 2 heterocycles. The first-order valence-electron chi connectivity index (χ1n) is 9.80. The van der Waals surface area contributed by atoms with Crippen molar-refractivity contribution in [3.8, 4) is 0 Å². The molecular formula is C23H22FN3O2S. The summed E-state index contributed by atoms with van der Waals surface area (Å²) in [6.45, 7) is 3.16. The van der Waals surface area contributed by atoms with Crippen LogP contribution in [0.1, 0.15) is 25.6 Å². The molecule has 0 aliphatic carbocycles. The number of hydrogen-bond acceptors (Lipinski definition) is 4. The average molecular weight is 424 g/mol. The first-order valence-corrected chi connectivity index (χ1v) is 10.7. The molecule has 1 fully saturated rings. The Morgan fingerprint density at radius 2 is 1.67 bits per heavy atom. The van der Waals surface area contributed by atoms with Gasteiger partial charge in [-0.15, -0.1) is 11.3 Å². The minimum absolute atomic E-state index is 0.0309. The minimum Gasteiger partial charge on any atom is -0.336 e. The highest BCUT2D eigenvalue weighted by atomic mass is 32.1. The predicted molar refractivity (Wildman–Crippen MR) is 116 cm³/mol. The lowest BCUT2D eigenvalue weighted by Gasteiger charge is -2.34. The van der Waals surface area contributed by atoms with Crippen molar-refractivity contribution in [2.75, 3.05) is 31.5 Å². The fraction of sp³-hybridized carbons (Fsp3) is 0.217. The van der Waals surface area contributed by atoms with Crippen LogP contribution in [0, 0.1) is 5.82 Å². The number of anilines is 1. The number of amides is 2. The summed E-state index contributed by atoms with van der Waals surface area (Å²) in [5, 5.41) is 4.69. The monoisotopic (exact) mass is 423 g/mol. The third-order valence-electron chi connectivity index (χ3n) is 5.15. The maximum absolute atomic E-state index is 13.8.